The van der Waals surface area contributed by atoms with Gasteiger partial charge in [-0.1, -0.05) is 6.07 Å². The number of rotatable bonds is 10. The van der Waals surface area contributed by atoms with E-state index >= 15 is 0 Å². The third-order valence-corrected chi connectivity index (χ3v) is 7.47. The van der Waals surface area contributed by atoms with Crippen LogP contribution in [0.4, 0.5) is 11.4 Å². The number of aliphatic imine (C=N–C) groups is 1. The molecule has 5 rings (SSSR count). The number of likely N-dealkylation sites (N-methyl/N-ethyl adjacent to an activating group) is 1. The fraction of sp³-hybridized carbons (Fsp3) is 0.300. The molecule has 0 bridgehead atoms. The largest absolute Gasteiger partial charge is 0.490 e. The Hall–Kier alpha value is -4.22. The molecule has 0 spiro atoms. The van der Waals surface area contributed by atoms with Crippen LogP contribution in [0.2, 0.25) is 0 Å². The molecule has 1 amide bonds. The Bertz CT molecular complexity index is 1460. The van der Waals surface area contributed by atoms with Crippen LogP contribution in [0.5, 0.6) is 11.5 Å². The number of benzene rings is 2. The van der Waals surface area contributed by atoms with E-state index in [1.54, 1.807) is 23.1 Å². The van der Waals surface area contributed by atoms with Crippen LogP contribution in [0, 0.1) is 0 Å². The number of nitrogens with zero attached hydrogens (tertiary/aromatic N) is 3. The van der Waals surface area contributed by atoms with Gasteiger partial charge < -0.3 is 28.6 Å². The van der Waals surface area contributed by atoms with Gasteiger partial charge in [-0.2, -0.15) is 0 Å². The Morgan fingerprint density at radius 1 is 1.05 bits per heavy atom. The van der Waals surface area contributed by atoms with Crippen molar-refractivity contribution in [2.24, 2.45) is 4.99 Å². The molecule has 0 atom stereocenters. The summed E-state index contributed by atoms with van der Waals surface area (Å²) in [7, 11) is 0. The van der Waals surface area contributed by atoms with E-state index in [1.165, 1.54) is 17.8 Å². The number of aromatic carboxylic acids is 1. The zero-order valence-electron chi connectivity index (χ0n) is 22.9. The van der Waals surface area contributed by atoms with Crippen LogP contribution in [-0.4, -0.2) is 66.5 Å². The van der Waals surface area contributed by atoms with Crippen LogP contribution in [0.3, 0.4) is 0 Å². The minimum Gasteiger partial charge on any atom is -0.490 e. The van der Waals surface area contributed by atoms with Crippen molar-refractivity contribution >= 4 is 46.3 Å². The van der Waals surface area contributed by atoms with E-state index in [4.69, 9.17) is 28.7 Å². The second-order valence-electron chi connectivity index (χ2n) is 9.17. The van der Waals surface area contributed by atoms with Crippen molar-refractivity contribution in [1.82, 2.24) is 4.90 Å². The Labute approximate surface area is 242 Å². The van der Waals surface area contributed by atoms with Crippen molar-refractivity contribution in [2.45, 2.75) is 20.5 Å². The fourth-order valence-electron chi connectivity index (χ4n) is 4.41. The van der Waals surface area contributed by atoms with Gasteiger partial charge in [-0.05, 0) is 85.8 Å². The van der Waals surface area contributed by atoms with Gasteiger partial charge in [0.1, 0.15) is 12.4 Å². The van der Waals surface area contributed by atoms with E-state index in [1.807, 2.05) is 38.1 Å². The smallest absolute Gasteiger partial charge is 0.371 e. The van der Waals surface area contributed by atoms with E-state index in [9.17, 15) is 9.59 Å². The van der Waals surface area contributed by atoms with Crippen molar-refractivity contribution in [3.8, 4) is 11.5 Å². The number of hydrogen-bond donors (Lipinski definition) is 1. The SMILES string of the molecule is CCOc1cc(C=C2SC(=Nc3ccc(N4CCOCC4)cc3)N(CC)C2=O)ccc1OCc1ccc(C(=O)O)o1. The van der Waals surface area contributed by atoms with Crippen LogP contribution in [0.25, 0.3) is 6.08 Å². The van der Waals surface area contributed by atoms with E-state index in [2.05, 4.69) is 17.0 Å². The van der Waals surface area contributed by atoms with E-state index in [-0.39, 0.29) is 18.3 Å². The van der Waals surface area contributed by atoms with E-state index < -0.39 is 5.97 Å². The second-order valence-corrected chi connectivity index (χ2v) is 10.2. The van der Waals surface area contributed by atoms with Crippen LogP contribution in [0.1, 0.15) is 35.7 Å². The normalized spacial score (nSPS) is 17.5. The maximum atomic E-state index is 13.2. The lowest BCUT2D eigenvalue weighted by Crippen LogP contribution is -2.36. The van der Waals surface area contributed by atoms with Crippen molar-refractivity contribution in [3.05, 3.63) is 76.6 Å². The Morgan fingerprint density at radius 2 is 1.83 bits per heavy atom. The summed E-state index contributed by atoms with van der Waals surface area (Å²) in [6, 6.07) is 16.4. The summed E-state index contributed by atoms with van der Waals surface area (Å²) >= 11 is 1.34. The summed E-state index contributed by atoms with van der Waals surface area (Å²) in [6.07, 6.45) is 1.82. The molecule has 11 heteroatoms. The molecule has 2 saturated heterocycles. The number of anilines is 1. The number of carboxylic acid groups (broad SMARTS) is 1. The number of amidine groups is 1. The molecular formula is C30H31N3O7S. The highest BCUT2D eigenvalue weighted by molar-refractivity contribution is 8.18. The maximum absolute atomic E-state index is 13.2. The lowest BCUT2D eigenvalue weighted by Gasteiger charge is -2.28. The van der Waals surface area contributed by atoms with Crippen LogP contribution in [0.15, 0.2) is 68.9 Å². The van der Waals surface area contributed by atoms with Crippen LogP contribution < -0.4 is 14.4 Å². The van der Waals surface area contributed by atoms with E-state index in [0.717, 1.165) is 43.2 Å². The first kappa shape index (κ1) is 28.3. The molecule has 2 aliphatic heterocycles. The van der Waals surface area contributed by atoms with Gasteiger partial charge in [-0.15, -0.1) is 0 Å². The molecule has 10 nitrogen and oxygen atoms in total. The summed E-state index contributed by atoms with van der Waals surface area (Å²) < 4.78 is 22.3. The van der Waals surface area contributed by atoms with Gasteiger partial charge in [0, 0.05) is 25.3 Å². The molecule has 2 aromatic carbocycles. The molecule has 3 aromatic rings. The number of morpholine rings is 1. The predicted octanol–water partition coefficient (Wildman–Crippen LogP) is 5.42. The predicted molar refractivity (Wildman–Crippen MR) is 157 cm³/mol. The van der Waals surface area contributed by atoms with Gasteiger partial charge in [-0.3, -0.25) is 9.69 Å². The van der Waals surface area contributed by atoms with Gasteiger partial charge in [0.25, 0.3) is 5.91 Å². The highest BCUT2D eigenvalue weighted by atomic mass is 32.2. The van der Waals surface area contributed by atoms with Gasteiger partial charge >= 0.3 is 5.97 Å². The maximum Gasteiger partial charge on any atom is 0.371 e. The van der Waals surface area contributed by atoms with Crippen molar-refractivity contribution in [2.75, 3.05) is 44.4 Å². The molecule has 1 aromatic heterocycles. The van der Waals surface area contributed by atoms with Crippen molar-refractivity contribution in [1.29, 1.82) is 0 Å². The average Bonchev–Trinajstić information content (AvgIpc) is 3.58. The molecular weight excluding hydrogens is 546 g/mol. The molecule has 41 heavy (non-hydrogen) atoms. The van der Waals surface area contributed by atoms with Gasteiger partial charge in [0.2, 0.25) is 5.76 Å². The Morgan fingerprint density at radius 3 is 2.51 bits per heavy atom. The van der Waals surface area contributed by atoms with Crippen molar-refractivity contribution < 1.29 is 33.3 Å². The van der Waals surface area contributed by atoms with Gasteiger partial charge in [0.15, 0.2) is 16.7 Å². The monoisotopic (exact) mass is 577 g/mol. The van der Waals surface area contributed by atoms with Crippen LogP contribution in [-0.2, 0) is 16.1 Å². The lowest BCUT2D eigenvalue weighted by atomic mass is 10.2. The molecule has 3 heterocycles. The Kier molecular flexibility index (Phi) is 8.95. The summed E-state index contributed by atoms with van der Waals surface area (Å²) in [4.78, 5) is 33.6. The zero-order valence-corrected chi connectivity index (χ0v) is 23.7. The number of thioether (sulfide) groups is 1. The third kappa shape index (κ3) is 6.75. The topological polar surface area (TPSA) is 114 Å². The Balaban J connectivity index is 1.31. The summed E-state index contributed by atoms with van der Waals surface area (Å²) in [5.74, 6) is -0.0323. The van der Waals surface area contributed by atoms with Crippen LogP contribution >= 0.6 is 11.8 Å². The van der Waals surface area contributed by atoms with Gasteiger partial charge in [0.05, 0.1) is 30.4 Å². The molecule has 0 unspecified atom stereocenters. The minimum absolute atomic E-state index is 0.0425. The summed E-state index contributed by atoms with van der Waals surface area (Å²) in [5, 5.41) is 9.67. The number of carbonyl (C=O) groups is 2. The van der Waals surface area contributed by atoms with Gasteiger partial charge in [-0.25, -0.2) is 9.79 Å². The fourth-order valence-corrected chi connectivity index (χ4v) is 5.48. The number of carbonyl (C=O) groups excluding carboxylic acids is 1. The minimum atomic E-state index is -1.14. The molecule has 0 radical (unpaired) electrons. The number of hydrogen-bond acceptors (Lipinski definition) is 9. The molecule has 214 valence electrons. The number of furan rings is 1. The van der Waals surface area contributed by atoms with E-state index in [0.29, 0.717) is 40.5 Å². The average molecular weight is 578 g/mol. The second kappa shape index (κ2) is 13.0. The summed E-state index contributed by atoms with van der Waals surface area (Å²) in [6.45, 7) is 7.94. The molecule has 1 N–H and O–H groups in total. The highest BCUT2D eigenvalue weighted by Gasteiger charge is 2.32. The molecule has 2 fully saturated rings. The first-order valence-electron chi connectivity index (χ1n) is 13.4. The number of ether oxygens (including phenoxy) is 3. The number of carboxylic acids is 1. The first-order chi connectivity index (χ1) is 19.9. The molecule has 2 aliphatic rings. The standard InChI is InChI=1S/C30H31N3O7S/c1-3-33-28(34)27(41-30(33)31-21-6-8-22(9-7-21)32-13-15-37-16-14-32)18-20-5-11-24(26(17-20)38-4-2)39-19-23-10-12-25(40-23)29(35)36/h5-12,17-18H,3-4,13-16,19H2,1-2H3,(H,35,36). The highest BCUT2D eigenvalue weighted by Crippen LogP contribution is 2.36. The van der Waals surface area contributed by atoms with Crippen molar-refractivity contribution in [3.63, 3.8) is 0 Å². The lowest BCUT2D eigenvalue weighted by molar-refractivity contribution is -0.122. The zero-order chi connectivity index (χ0) is 28.8. The summed E-state index contributed by atoms with van der Waals surface area (Å²) in [5.41, 5.74) is 2.69. The molecule has 0 aliphatic carbocycles. The number of amides is 1. The first-order valence-corrected chi connectivity index (χ1v) is 14.2. The third-order valence-electron chi connectivity index (χ3n) is 6.46. The molecule has 0 saturated carbocycles. The quantitative estimate of drug-likeness (QED) is 0.316.